The van der Waals surface area contributed by atoms with E-state index in [0.29, 0.717) is 5.92 Å². The molecule has 0 amide bonds. The van der Waals surface area contributed by atoms with Crippen LogP contribution in [0, 0.1) is 0 Å². The minimum absolute atomic E-state index is 0.434. The van der Waals surface area contributed by atoms with Crippen LogP contribution in [-0.2, 0) is 0 Å². The van der Waals surface area contributed by atoms with E-state index in [9.17, 15) is 0 Å². The Morgan fingerprint density at radius 1 is 0.947 bits per heavy atom. The molecule has 1 unspecified atom stereocenters. The summed E-state index contributed by atoms with van der Waals surface area (Å²) in [5.74, 6) is 0.434. The van der Waals surface area contributed by atoms with Crippen molar-refractivity contribution in [1.82, 2.24) is 0 Å². The largest absolute Gasteiger partial charge is 0.0946 e. The zero-order valence-electron chi connectivity index (χ0n) is 11.7. The lowest BCUT2D eigenvalue weighted by molar-refractivity contribution is 0.674. The first-order valence-electron chi connectivity index (χ1n) is 7.12. The lowest BCUT2D eigenvalue weighted by atomic mass is 9.84. The van der Waals surface area contributed by atoms with Gasteiger partial charge in [0.2, 0.25) is 0 Å². The van der Waals surface area contributed by atoms with Crippen molar-refractivity contribution in [2.75, 3.05) is 0 Å². The Hall–Kier alpha value is -1.82. The normalized spacial score (nSPS) is 12.1. The molecule has 2 aromatic carbocycles. The van der Waals surface area contributed by atoms with E-state index in [4.69, 9.17) is 0 Å². The van der Waals surface area contributed by atoms with Crippen LogP contribution in [0.3, 0.4) is 0 Å². The van der Waals surface area contributed by atoms with Crippen LogP contribution in [0.4, 0.5) is 0 Å². The number of unbranched alkanes of at least 4 members (excludes halogenated alkanes) is 1. The molecule has 0 saturated heterocycles. The molecule has 2 rings (SSSR count). The third-order valence-corrected chi connectivity index (χ3v) is 3.61. The van der Waals surface area contributed by atoms with Gasteiger partial charge < -0.3 is 0 Å². The Kier molecular flexibility index (Phi) is 4.97. The molecule has 19 heavy (non-hydrogen) atoms. The van der Waals surface area contributed by atoms with E-state index < -0.39 is 0 Å². The predicted molar refractivity (Wildman–Crippen MR) is 84.2 cm³/mol. The molecular weight excluding hydrogens is 228 g/mol. The number of hydrogen-bond donors (Lipinski definition) is 0. The van der Waals surface area contributed by atoms with E-state index in [0.717, 1.165) is 0 Å². The van der Waals surface area contributed by atoms with Crippen LogP contribution in [0.2, 0.25) is 0 Å². The van der Waals surface area contributed by atoms with Gasteiger partial charge in [-0.05, 0) is 23.1 Å². The first-order valence-corrected chi connectivity index (χ1v) is 7.12. The highest BCUT2D eigenvalue weighted by molar-refractivity contribution is 5.69. The van der Waals surface area contributed by atoms with Crippen LogP contribution < -0.4 is 0 Å². The summed E-state index contributed by atoms with van der Waals surface area (Å²) in [7, 11) is 0. The van der Waals surface area contributed by atoms with Gasteiger partial charge in [0.1, 0.15) is 0 Å². The van der Waals surface area contributed by atoms with Crippen LogP contribution >= 0.6 is 0 Å². The number of rotatable bonds is 6. The van der Waals surface area contributed by atoms with Crippen LogP contribution in [0.15, 0.2) is 67.2 Å². The third-order valence-electron chi connectivity index (χ3n) is 3.61. The van der Waals surface area contributed by atoms with Gasteiger partial charge in [-0.2, -0.15) is 0 Å². The monoisotopic (exact) mass is 250 g/mol. The average molecular weight is 250 g/mol. The summed E-state index contributed by atoms with van der Waals surface area (Å²) in [6.45, 7) is 6.60. The highest BCUT2D eigenvalue weighted by Crippen LogP contribution is 2.34. The first kappa shape index (κ1) is 13.6. The van der Waals surface area contributed by atoms with Gasteiger partial charge in [-0.25, -0.2) is 0 Å². The summed E-state index contributed by atoms with van der Waals surface area (Å²) in [5.41, 5.74) is 3.87. The molecule has 0 heterocycles. The SMILES string of the molecule is C=C(c1ccccc1)C(CCCC)c1ccccc1. The van der Waals surface area contributed by atoms with Crippen LogP contribution in [0.25, 0.3) is 5.57 Å². The van der Waals surface area contributed by atoms with Crippen molar-refractivity contribution in [1.29, 1.82) is 0 Å². The van der Waals surface area contributed by atoms with Gasteiger partial charge in [0.15, 0.2) is 0 Å². The molecule has 2 aromatic rings. The Morgan fingerprint density at radius 2 is 1.53 bits per heavy atom. The van der Waals surface area contributed by atoms with Crippen molar-refractivity contribution in [3.8, 4) is 0 Å². The highest BCUT2D eigenvalue weighted by Gasteiger charge is 2.15. The molecule has 0 saturated carbocycles. The Labute approximate surface area is 116 Å². The lowest BCUT2D eigenvalue weighted by Crippen LogP contribution is -2.01. The van der Waals surface area contributed by atoms with Crippen LogP contribution in [0.1, 0.15) is 43.2 Å². The molecule has 0 aliphatic heterocycles. The standard InChI is InChI=1S/C19H22/c1-3-4-15-19(18-13-9-6-10-14-18)16(2)17-11-7-5-8-12-17/h5-14,19H,2-4,15H2,1H3. The van der Waals surface area contributed by atoms with Gasteiger partial charge in [-0.3, -0.25) is 0 Å². The average Bonchev–Trinajstić information content (AvgIpc) is 2.49. The van der Waals surface area contributed by atoms with E-state index in [2.05, 4.69) is 74.2 Å². The molecule has 0 aromatic heterocycles. The number of allylic oxidation sites excluding steroid dienone is 1. The van der Waals surface area contributed by atoms with E-state index in [1.54, 1.807) is 0 Å². The second-order valence-electron chi connectivity index (χ2n) is 5.00. The summed E-state index contributed by atoms with van der Waals surface area (Å²) >= 11 is 0. The van der Waals surface area contributed by atoms with Gasteiger partial charge in [0, 0.05) is 5.92 Å². The summed E-state index contributed by atoms with van der Waals surface area (Å²) in [6, 6.07) is 21.3. The van der Waals surface area contributed by atoms with E-state index in [1.807, 2.05) is 0 Å². The molecule has 0 heteroatoms. The smallest absolute Gasteiger partial charge is 0.00894 e. The fourth-order valence-corrected chi connectivity index (χ4v) is 2.49. The maximum absolute atomic E-state index is 4.35. The van der Waals surface area contributed by atoms with E-state index >= 15 is 0 Å². The van der Waals surface area contributed by atoms with Gasteiger partial charge in [0.05, 0.1) is 0 Å². The third kappa shape index (κ3) is 3.57. The zero-order valence-corrected chi connectivity index (χ0v) is 11.7. The fraction of sp³-hybridized carbons (Fsp3) is 0.263. The molecule has 98 valence electrons. The molecule has 1 atom stereocenters. The topological polar surface area (TPSA) is 0 Å². The molecule has 0 aliphatic carbocycles. The molecular formula is C19H22. The first-order chi connectivity index (χ1) is 9.33. The highest BCUT2D eigenvalue weighted by atomic mass is 14.2. The van der Waals surface area contributed by atoms with Crippen molar-refractivity contribution in [2.45, 2.75) is 32.1 Å². The molecule has 0 spiro atoms. The minimum atomic E-state index is 0.434. The Morgan fingerprint density at radius 3 is 2.11 bits per heavy atom. The summed E-state index contributed by atoms with van der Waals surface area (Å²) < 4.78 is 0. The van der Waals surface area contributed by atoms with Gasteiger partial charge in [-0.1, -0.05) is 87.0 Å². The quantitative estimate of drug-likeness (QED) is 0.619. The van der Waals surface area contributed by atoms with Crippen LogP contribution in [0.5, 0.6) is 0 Å². The number of hydrogen-bond acceptors (Lipinski definition) is 0. The van der Waals surface area contributed by atoms with Crippen LogP contribution in [-0.4, -0.2) is 0 Å². The second-order valence-corrected chi connectivity index (χ2v) is 5.00. The summed E-state index contributed by atoms with van der Waals surface area (Å²) in [6.07, 6.45) is 3.64. The van der Waals surface area contributed by atoms with Crippen molar-refractivity contribution < 1.29 is 0 Å². The molecule has 0 fully saturated rings. The molecule has 0 aliphatic rings. The maximum Gasteiger partial charge on any atom is 0.00894 e. The van der Waals surface area contributed by atoms with E-state index in [1.165, 1.54) is 36.0 Å². The van der Waals surface area contributed by atoms with Crippen molar-refractivity contribution in [2.24, 2.45) is 0 Å². The number of benzene rings is 2. The molecule has 0 nitrogen and oxygen atoms in total. The van der Waals surface area contributed by atoms with Crippen molar-refractivity contribution in [3.63, 3.8) is 0 Å². The van der Waals surface area contributed by atoms with Gasteiger partial charge in [-0.15, -0.1) is 0 Å². The predicted octanol–water partition coefficient (Wildman–Crippen LogP) is 5.67. The molecule has 0 radical (unpaired) electrons. The van der Waals surface area contributed by atoms with E-state index in [-0.39, 0.29) is 0 Å². The van der Waals surface area contributed by atoms with Crippen molar-refractivity contribution >= 4 is 5.57 Å². The summed E-state index contributed by atoms with van der Waals surface area (Å²) in [5, 5.41) is 0. The van der Waals surface area contributed by atoms with Crippen molar-refractivity contribution in [3.05, 3.63) is 78.4 Å². The van der Waals surface area contributed by atoms with Gasteiger partial charge >= 0.3 is 0 Å². The zero-order chi connectivity index (χ0) is 13.5. The lowest BCUT2D eigenvalue weighted by Gasteiger charge is -2.20. The minimum Gasteiger partial charge on any atom is -0.0946 e. The Bertz CT molecular complexity index is 496. The second kappa shape index (κ2) is 6.94. The van der Waals surface area contributed by atoms with Gasteiger partial charge in [0.25, 0.3) is 0 Å². The fourth-order valence-electron chi connectivity index (χ4n) is 2.49. The molecule has 0 N–H and O–H groups in total. The Balaban J connectivity index is 2.25. The molecule has 0 bridgehead atoms. The maximum atomic E-state index is 4.35. The summed E-state index contributed by atoms with van der Waals surface area (Å²) in [4.78, 5) is 0.